The van der Waals surface area contributed by atoms with E-state index < -0.39 is 5.97 Å². The van der Waals surface area contributed by atoms with Gasteiger partial charge in [0.1, 0.15) is 4.99 Å². The minimum absolute atomic E-state index is 0.0373. The average molecular weight is 474 g/mol. The maximum Gasteiger partial charge on any atom is 0.303 e. The lowest BCUT2D eigenvalue weighted by atomic mass is 10.1. The lowest BCUT2D eigenvalue weighted by Gasteiger charge is -2.14. The van der Waals surface area contributed by atoms with Gasteiger partial charge in [0.2, 0.25) is 0 Å². The van der Waals surface area contributed by atoms with Crippen LogP contribution in [0.1, 0.15) is 63.4 Å². The van der Waals surface area contributed by atoms with Crippen molar-refractivity contribution in [2.75, 3.05) is 6.54 Å². The van der Waals surface area contributed by atoms with Gasteiger partial charge in [-0.3, -0.25) is 14.5 Å². The molecule has 29 heavy (non-hydrogen) atoms. The summed E-state index contributed by atoms with van der Waals surface area (Å²) in [7, 11) is 0. The number of hydrogen-bond donors (Lipinski definition) is 1. The lowest BCUT2D eigenvalue weighted by molar-refractivity contribution is -0.137. The predicted octanol–water partition coefficient (Wildman–Crippen LogP) is 7.43. The molecule has 0 radical (unpaired) electrons. The van der Waals surface area contributed by atoms with Crippen molar-refractivity contribution in [1.29, 1.82) is 0 Å². The van der Waals surface area contributed by atoms with E-state index in [9.17, 15) is 9.59 Å². The van der Waals surface area contributed by atoms with Crippen LogP contribution in [0.4, 0.5) is 4.79 Å². The SMILES string of the molecule is O=C(O)CCCCCCCCCCN1C(=O)S/C(=C\c2ccc(Cl)cc2Cl)C1=S. The molecule has 1 heterocycles. The number of hydrogen-bond acceptors (Lipinski definition) is 4. The smallest absolute Gasteiger partial charge is 0.303 e. The van der Waals surface area contributed by atoms with E-state index in [4.69, 9.17) is 40.5 Å². The summed E-state index contributed by atoms with van der Waals surface area (Å²) in [4.78, 5) is 25.7. The van der Waals surface area contributed by atoms with Crippen molar-refractivity contribution < 1.29 is 14.7 Å². The molecule has 1 amide bonds. The Morgan fingerprint density at radius 3 is 2.31 bits per heavy atom. The van der Waals surface area contributed by atoms with Crippen molar-refractivity contribution in [1.82, 2.24) is 4.90 Å². The third-order valence-corrected chi connectivity index (χ3v) is 6.70. The number of aliphatic carboxylic acids is 1. The number of rotatable bonds is 12. The third kappa shape index (κ3) is 8.28. The van der Waals surface area contributed by atoms with E-state index in [0.717, 1.165) is 73.6 Å². The summed E-state index contributed by atoms with van der Waals surface area (Å²) in [5, 5.41) is 9.66. The second-order valence-corrected chi connectivity index (χ2v) is 9.19. The van der Waals surface area contributed by atoms with E-state index in [1.54, 1.807) is 17.0 Å². The number of benzene rings is 1. The van der Waals surface area contributed by atoms with Gasteiger partial charge in [-0.1, -0.05) is 80.0 Å². The normalized spacial score (nSPS) is 15.5. The highest BCUT2D eigenvalue weighted by molar-refractivity contribution is 8.19. The molecule has 0 bridgehead atoms. The second kappa shape index (κ2) is 12.6. The number of carbonyl (C=O) groups excluding carboxylic acids is 1. The van der Waals surface area contributed by atoms with Crippen molar-refractivity contribution in [3.05, 3.63) is 38.7 Å². The summed E-state index contributed by atoms with van der Waals surface area (Å²) in [6.07, 6.45) is 10.3. The first-order valence-electron chi connectivity index (χ1n) is 9.80. The summed E-state index contributed by atoms with van der Waals surface area (Å²) < 4.78 is 0. The van der Waals surface area contributed by atoms with Crippen LogP contribution in [-0.4, -0.2) is 32.7 Å². The van der Waals surface area contributed by atoms with Gasteiger partial charge in [-0.15, -0.1) is 0 Å². The number of amides is 1. The molecule has 1 aromatic rings. The number of nitrogens with zero attached hydrogens (tertiary/aromatic N) is 1. The summed E-state index contributed by atoms with van der Waals surface area (Å²) in [6, 6.07) is 5.24. The van der Waals surface area contributed by atoms with Crippen molar-refractivity contribution in [3.63, 3.8) is 0 Å². The number of carboxylic acids is 1. The van der Waals surface area contributed by atoms with Crippen LogP contribution in [0.3, 0.4) is 0 Å². The molecule has 0 aromatic heterocycles. The number of unbranched alkanes of at least 4 members (excludes halogenated alkanes) is 7. The lowest BCUT2D eigenvalue weighted by Crippen LogP contribution is -2.27. The van der Waals surface area contributed by atoms with Gasteiger partial charge in [-0.05, 0) is 48.4 Å². The molecule has 0 spiro atoms. The molecule has 1 aliphatic heterocycles. The third-order valence-electron chi connectivity index (χ3n) is 4.65. The zero-order valence-electron chi connectivity index (χ0n) is 16.2. The van der Waals surface area contributed by atoms with Crippen LogP contribution >= 0.6 is 47.2 Å². The van der Waals surface area contributed by atoms with Crippen molar-refractivity contribution >= 4 is 69.5 Å². The molecule has 0 unspecified atom stereocenters. The molecule has 0 aliphatic carbocycles. The monoisotopic (exact) mass is 473 g/mol. The quantitative estimate of drug-likeness (QED) is 0.194. The Kier molecular flexibility index (Phi) is 10.5. The molecule has 1 saturated heterocycles. The molecular formula is C21H25Cl2NO3S2. The summed E-state index contributed by atoms with van der Waals surface area (Å²) in [6.45, 7) is 0.634. The van der Waals surface area contributed by atoms with Gasteiger partial charge in [0, 0.05) is 23.0 Å². The van der Waals surface area contributed by atoms with E-state index in [2.05, 4.69) is 0 Å². The molecule has 4 nitrogen and oxygen atoms in total. The Morgan fingerprint density at radius 2 is 1.69 bits per heavy atom. The van der Waals surface area contributed by atoms with Crippen LogP contribution in [0.15, 0.2) is 23.1 Å². The van der Waals surface area contributed by atoms with Crippen LogP contribution in [0.25, 0.3) is 6.08 Å². The van der Waals surface area contributed by atoms with Crippen LogP contribution in [-0.2, 0) is 4.79 Å². The van der Waals surface area contributed by atoms with Gasteiger partial charge < -0.3 is 5.11 Å². The Labute approximate surface area is 191 Å². The highest BCUT2D eigenvalue weighted by Crippen LogP contribution is 2.35. The largest absolute Gasteiger partial charge is 0.481 e. The Bertz CT molecular complexity index is 783. The molecule has 1 aromatic carbocycles. The minimum Gasteiger partial charge on any atom is -0.481 e. The van der Waals surface area contributed by atoms with Crippen LogP contribution in [0, 0.1) is 0 Å². The van der Waals surface area contributed by atoms with Crippen molar-refractivity contribution in [2.24, 2.45) is 0 Å². The van der Waals surface area contributed by atoms with Crippen molar-refractivity contribution in [2.45, 2.75) is 57.8 Å². The number of thiocarbonyl (C=S) groups is 1. The first-order chi connectivity index (χ1) is 13.9. The molecule has 2 rings (SSSR count). The first-order valence-corrected chi connectivity index (χ1v) is 11.8. The molecule has 1 aliphatic rings. The fourth-order valence-corrected chi connectivity index (χ4v) is 4.80. The van der Waals surface area contributed by atoms with Gasteiger partial charge in [-0.25, -0.2) is 0 Å². The second-order valence-electron chi connectivity index (χ2n) is 6.97. The zero-order valence-corrected chi connectivity index (χ0v) is 19.3. The zero-order chi connectivity index (χ0) is 21.2. The van der Waals surface area contributed by atoms with Gasteiger partial charge in [0.15, 0.2) is 0 Å². The fourth-order valence-electron chi connectivity index (χ4n) is 3.06. The standard InChI is InChI=1S/C21H25Cl2NO3S2/c22-16-11-10-15(17(23)14-16)13-18-20(28)24(21(27)29-18)12-8-6-4-2-1-3-5-7-9-19(25)26/h10-11,13-14H,1-9,12H2,(H,25,26)/b18-13-. The van der Waals surface area contributed by atoms with Gasteiger partial charge in [0.25, 0.3) is 5.24 Å². The Morgan fingerprint density at radius 1 is 1.07 bits per heavy atom. The number of halogens is 2. The fraction of sp³-hybridized carbons (Fsp3) is 0.476. The summed E-state index contributed by atoms with van der Waals surface area (Å²) >= 11 is 18.8. The molecule has 1 fully saturated rings. The Balaban J connectivity index is 1.68. The minimum atomic E-state index is -0.716. The molecule has 8 heteroatoms. The highest BCUT2D eigenvalue weighted by atomic mass is 35.5. The molecular weight excluding hydrogens is 449 g/mol. The van der Waals surface area contributed by atoms with Gasteiger partial charge >= 0.3 is 5.97 Å². The highest BCUT2D eigenvalue weighted by Gasteiger charge is 2.31. The molecule has 1 N–H and O–H groups in total. The van der Waals surface area contributed by atoms with Gasteiger partial charge in [-0.2, -0.15) is 0 Å². The molecule has 0 saturated carbocycles. The average Bonchev–Trinajstić information content (AvgIpc) is 2.92. The van der Waals surface area contributed by atoms with E-state index in [1.165, 1.54) is 0 Å². The number of thioether (sulfide) groups is 1. The van der Waals surface area contributed by atoms with Crippen LogP contribution < -0.4 is 0 Å². The van der Waals surface area contributed by atoms with E-state index in [1.807, 2.05) is 12.1 Å². The van der Waals surface area contributed by atoms with Crippen LogP contribution in [0.5, 0.6) is 0 Å². The topological polar surface area (TPSA) is 57.6 Å². The molecule has 158 valence electrons. The number of carbonyl (C=O) groups is 2. The van der Waals surface area contributed by atoms with E-state index in [0.29, 0.717) is 21.6 Å². The molecule has 0 atom stereocenters. The van der Waals surface area contributed by atoms with E-state index in [-0.39, 0.29) is 11.7 Å². The number of carboxylic acid groups (broad SMARTS) is 1. The van der Waals surface area contributed by atoms with Crippen molar-refractivity contribution in [3.8, 4) is 0 Å². The maximum absolute atomic E-state index is 12.3. The summed E-state index contributed by atoms with van der Waals surface area (Å²) in [5.41, 5.74) is 0.791. The van der Waals surface area contributed by atoms with Gasteiger partial charge in [0.05, 0.1) is 4.91 Å². The van der Waals surface area contributed by atoms with Crippen LogP contribution in [0.2, 0.25) is 10.0 Å². The predicted molar refractivity (Wildman–Crippen MR) is 126 cm³/mol. The first kappa shape index (κ1) is 24.2. The summed E-state index contributed by atoms with van der Waals surface area (Å²) in [5.74, 6) is -0.716. The Hall–Kier alpha value is -1.08. The maximum atomic E-state index is 12.3. The van der Waals surface area contributed by atoms with E-state index >= 15 is 0 Å².